The molecule has 0 atom stereocenters. The molecule has 2 N–H and O–H groups in total. The predicted octanol–water partition coefficient (Wildman–Crippen LogP) is 1.57. The fourth-order valence-corrected chi connectivity index (χ4v) is 1.84. The van der Waals surface area contributed by atoms with Gasteiger partial charge in [0.15, 0.2) is 0 Å². The van der Waals surface area contributed by atoms with Crippen LogP contribution in [0.15, 0.2) is 12.1 Å². The van der Waals surface area contributed by atoms with E-state index in [1.807, 2.05) is 0 Å². The summed E-state index contributed by atoms with van der Waals surface area (Å²) >= 11 is 0. The molecule has 0 amide bonds. The van der Waals surface area contributed by atoms with E-state index >= 15 is 0 Å². The Morgan fingerprint density at radius 2 is 1.73 bits per heavy atom. The highest BCUT2D eigenvalue weighted by molar-refractivity contribution is 5.42. The van der Waals surface area contributed by atoms with Crippen molar-refractivity contribution in [3.63, 3.8) is 0 Å². The summed E-state index contributed by atoms with van der Waals surface area (Å²) in [6.07, 6.45) is 0. The van der Waals surface area contributed by atoms with Crippen LogP contribution in [0.5, 0.6) is 5.75 Å². The van der Waals surface area contributed by atoms with Crippen LogP contribution in [0.3, 0.4) is 0 Å². The second-order valence-corrected chi connectivity index (χ2v) is 4.06. The van der Waals surface area contributed by atoms with E-state index < -0.39 is 0 Å². The normalized spacial score (nSPS) is 10.4. The molecule has 84 valence electrons. The molecule has 1 aromatic carbocycles. The van der Waals surface area contributed by atoms with Gasteiger partial charge in [0, 0.05) is 0 Å². The zero-order chi connectivity index (χ0) is 11.3. The van der Waals surface area contributed by atoms with Crippen molar-refractivity contribution in [2.24, 2.45) is 0 Å². The molecule has 0 aromatic heterocycles. The lowest BCUT2D eigenvalue weighted by Crippen LogP contribution is -2.84. The quantitative estimate of drug-likeness (QED) is 0.730. The molecule has 0 bridgehead atoms. The van der Waals surface area contributed by atoms with Gasteiger partial charge < -0.3 is 10.1 Å². The number of quaternary nitrogens is 1. The monoisotopic (exact) mass is 208 g/mol. The Hall–Kier alpha value is -1.02. The van der Waals surface area contributed by atoms with Gasteiger partial charge in [-0.2, -0.15) is 0 Å². The number of nitrogens with two attached hydrogens (primary N) is 1. The number of hydrogen-bond acceptors (Lipinski definition) is 1. The lowest BCUT2D eigenvalue weighted by atomic mass is 10.1. The third-order valence-corrected chi connectivity index (χ3v) is 2.46. The molecule has 0 radical (unpaired) electrons. The summed E-state index contributed by atoms with van der Waals surface area (Å²) in [5, 5.41) is 2.25. The predicted molar refractivity (Wildman–Crippen MR) is 63.5 cm³/mol. The number of hydrogen-bond donors (Lipinski definition) is 1. The highest BCUT2D eigenvalue weighted by Gasteiger charge is 2.04. The number of aryl methyl sites for hydroxylation is 3. The van der Waals surface area contributed by atoms with Gasteiger partial charge in [-0.3, -0.25) is 0 Å². The van der Waals surface area contributed by atoms with Crippen LogP contribution in [-0.4, -0.2) is 19.7 Å². The molecule has 15 heavy (non-hydrogen) atoms. The number of rotatable bonds is 5. The molecule has 0 spiro atoms. The Bertz CT molecular complexity index is 297. The van der Waals surface area contributed by atoms with Crippen molar-refractivity contribution in [3.05, 3.63) is 28.8 Å². The van der Waals surface area contributed by atoms with Gasteiger partial charge in [-0.25, -0.2) is 0 Å². The smallest absolute Gasteiger partial charge is 0.137 e. The van der Waals surface area contributed by atoms with Crippen molar-refractivity contribution >= 4 is 0 Å². The zero-order valence-corrected chi connectivity index (χ0v) is 10.3. The highest BCUT2D eigenvalue weighted by Crippen LogP contribution is 2.24. The van der Waals surface area contributed by atoms with Gasteiger partial charge in [-0.15, -0.1) is 0 Å². The van der Waals surface area contributed by atoms with Gasteiger partial charge in [0.05, 0.1) is 6.54 Å². The molecule has 2 heteroatoms. The Kier molecular flexibility index (Phi) is 4.63. The van der Waals surface area contributed by atoms with Gasteiger partial charge in [0.25, 0.3) is 0 Å². The third-order valence-electron chi connectivity index (χ3n) is 2.46. The Labute approximate surface area is 92.6 Å². The molecule has 0 heterocycles. The molecule has 0 saturated carbocycles. The van der Waals surface area contributed by atoms with Gasteiger partial charge >= 0.3 is 0 Å². The summed E-state index contributed by atoms with van der Waals surface area (Å²) in [6.45, 7) is 11.4. The molecule has 1 aromatic rings. The maximum atomic E-state index is 5.79. The first-order valence-corrected chi connectivity index (χ1v) is 5.67. The van der Waals surface area contributed by atoms with Crippen LogP contribution < -0.4 is 10.1 Å². The summed E-state index contributed by atoms with van der Waals surface area (Å²) in [5.41, 5.74) is 3.78. The Morgan fingerprint density at radius 3 is 2.27 bits per heavy atom. The largest absolute Gasteiger partial charge is 0.487 e. The number of likely N-dealkylation sites (N-methyl/N-ethyl adjacent to an activating group) is 1. The van der Waals surface area contributed by atoms with Crippen LogP contribution in [0.4, 0.5) is 0 Å². The third kappa shape index (κ3) is 3.56. The van der Waals surface area contributed by atoms with E-state index in [2.05, 4.69) is 45.1 Å². The minimum atomic E-state index is 0.790. The van der Waals surface area contributed by atoms with E-state index in [-0.39, 0.29) is 0 Å². The van der Waals surface area contributed by atoms with E-state index in [1.165, 1.54) is 16.7 Å². The molecule has 0 unspecified atom stereocenters. The maximum absolute atomic E-state index is 5.79. The van der Waals surface area contributed by atoms with Gasteiger partial charge in [-0.1, -0.05) is 17.7 Å². The average molecular weight is 208 g/mol. The first kappa shape index (κ1) is 12.1. The molecule has 2 nitrogen and oxygen atoms in total. The van der Waals surface area contributed by atoms with E-state index in [0.717, 1.165) is 25.4 Å². The molecular formula is C13H22NO+. The van der Waals surface area contributed by atoms with Crippen LogP contribution in [-0.2, 0) is 0 Å². The van der Waals surface area contributed by atoms with Crippen molar-refractivity contribution in [1.29, 1.82) is 0 Å². The van der Waals surface area contributed by atoms with Crippen LogP contribution >= 0.6 is 0 Å². The lowest BCUT2D eigenvalue weighted by Gasteiger charge is -2.12. The Morgan fingerprint density at radius 1 is 1.13 bits per heavy atom. The van der Waals surface area contributed by atoms with Gasteiger partial charge in [-0.05, 0) is 38.8 Å². The molecular weight excluding hydrogens is 186 g/mol. The second kappa shape index (κ2) is 5.76. The first-order valence-electron chi connectivity index (χ1n) is 5.67. The molecule has 0 aliphatic carbocycles. The van der Waals surface area contributed by atoms with Gasteiger partial charge in [0.1, 0.15) is 18.9 Å². The average Bonchev–Trinajstić information content (AvgIpc) is 2.15. The van der Waals surface area contributed by atoms with E-state index in [0.29, 0.717) is 0 Å². The molecule has 1 rings (SSSR count). The first-order chi connectivity index (χ1) is 7.15. The standard InChI is InChI=1S/C13H21NO/c1-5-14-6-7-15-13-11(3)8-10(2)9-12(13)4/h8-9,14H,5-7H2,1-4H3/p+1. The van der Waals surface area contributed by atoms with Crippen molar-refractivity contribution in [3.8, 4) is 5.75 Å². The fraction of sp³-hybridized carbons (Fsp3) is 0.538. The summed E-state index contributed by atoms with van der Waals surface area (Å²) < 4.78 is 5.79. The lowest BCUT2D eigenvalue weighted by molar-refractivity contribution is -0.652. The van der Waals surface area contributed by atoms with E-state index in [1.54, 1.807) is 0 Å². The van der Waals surface area contributed by atoms with Crippen LogP contribution in [0.2, 0.25) is 0 Å². The minimum Gasteiger partial charge on any atom is -0.487 e. The molecule has 0 saturated heterocycles. The van der Waals surface area contributed by atoms with E-state index in [4.69, 9.17) is 4.74 Å². The maximum Gasteiger partial charge on any atom is 0.137 e. The van der Waals surface area contributed by atoms with Crippen molar-refractivity contribution in [2.75, 3.05) is 19.7 Å². The highest BCUT2D eigenvalue weighted by atomic mass is 16.5. The van der Waals surface area contributed by atoms with Crippen molar-refractivity contribution in [1.82, 2.24) is 0 Å². The summed E-state index contributed by atoms with van der Waals surface area (Å²) in [5.74, 6) is 1.06. The molecule has 0 aliphatic rings. The Balaban J connectivity index is 2.60. The topological polar surface area (TPSA) is 25.8 Å². The molecule has 0 aliphatic heterocycles. The van der Waals surface area contributed by atoms with Crippen LogP contribution in [0, 0.1) is 20.8 Å². The second-order valence-electron chi connectivity index (χ2n) is 4.06. The van der Waals surface area contributed by atoms with Gasteiger partial charge in [0.2, 0.25) is 0 Å². The van der Waals surface area contributed by atoms with Crippen LogP contribution in [0.25, 0.3) is 0 Å². The number of benzene rings is 1. The minimum absolute atomic E-state index is 0.790. The summed E-state index contributed by atoms with van der Waals surface area (Å²) in [6, 6.07) is 4.34. The summed E-state index contributed by atoms with van der Waals surface area (Å²) in [4.78, 5) is 0. The van der Waals surface area contributed by atoms with Crippen molar-refractivity contribution in [2.45, 2.75) is 27.7 Å². The summed E-state index contributed by atoms with van der Waals surface area (Å²) in [7, 11) is 0. The van der Waals surface area contributed by atoms with Crippen molar-refractivity contribution < 1.29 is 10.1 Å². The zero-order valence-electron chi connectivity index (χ0n) is 10.3. The SMILES string of the molecule is CC[NH2+]CCOc1c(C)cc(C)cc1C. The van der Waals surface area contributed by atoms with Crippen LogP contribution in [0.1, 0.15) is 23.6 Å². The number of ether oxygens (including phenoxy) is 1. The van der Waals surface area contributed by atoms with E-state index in [9.17, 15) is 0 Å². The fourth-order valence-electron chi connectivity index (χ4n) is 1.84. The molecule has 0 fully saturated rings.